The minimum atomic E-state index is -0.384. The second-order valence-corrected chi connectivity index (χ2v) is 8.69. The summed E-state index contributed by atoms with van der Waals surface area (Å²) in [5.74, 6) is -0.333. The molecule has 0 saturated carbocycles. The first kappa shape index (κ1) is 20.3. The first-order valence-electron chi connectivity index (χ1n) is 10.1. The number of methoxy groups -OCH3 is 1. The number of carbonyl (C=O) groups excluding carboxylic acids is 2. The van der Waals surface area contributed by atoms with Crippen molar-refractivity contribution in [2.75, 3.05) is 25.1 Å². The van der Waals surface area contributed by atoms with E-state index in [1.54, 1.807) is 9.80 Å². The molecule has 7 heteroatoms. The summed E-state index contributed by atoms with van der Waals surface area (Å²) in [6.45, 7) is 5.02. The Hall–Kier alpha value is -2.93. The number of aromatic nitrogens is 1. The highest BCUT2D eigenvalue weighted by Gasteiger charge is 2.34. The van der Waals surface area contributed by atoms with Gasteiger partial charge in [-0.05, 0) is 50.5 Å². The van der Waals surface area contributed by atoms with Gasteiger partial charge in [-0.1, -0.05) is 41.2 Å². The van der Waals surface area contributed by atoms with E-state index >= 15 is 0 Å². The van der Waals surface area contributed by atoms with Crippen LogP contribution in [0, 0.1) is 19.8 Å². The Labute approximate surface area is 180 Å². The zero-order valence-corrected chi connectivity index (χ0v) is 18.2. The fraction of sp³-hybridized carbons (Fsp3) is 0.348. The highest BCUT2D eigenvalue weighted by Crippen LogP contribution is 2.37. The van der Waals surface area contributed by atoms with Gasteiger partial charge in [-0.15, -0.1) is 0 Å². The van der Waals surface area contributed by atoms with Crippen molar-refractivity contribution in [3.8, 4) is 0 Å². The lowest BCUT2D eigenvalue weighted by Gasteiger charge is -2.33. The van der Waals surface area contributed by atoms with E-state index < -0.39 is 0 Å². The van der Waals surface area contributed by atoms with Crippen LogP contribution < -0.4 is 4.90 Å². The lowest BCUT2D eigenvalue weighted by molar-refractivity contribution is -0.123. The highest BCUT2D eigenvalue weighted by molar-refractivity contribution is 7.22. The smallest absolute Gasteiger partial charge is 0.409 e. The Morgan fingerprint density at radius 3 is 2.73 bits per heavy atom. The third-order valence-electron chi connectivity index (χ3n) is 5.49. The van der Waals surface area contributed by atoms with Gasteiger partial charge in [0.2, 0.25) is 5.91 Å². The number of para-hydroxylation sites is 1. The number of amides is 2. The van der Waals surface area contributed by atoms with Crippen molar-refractivity contribution in [1.29, 1.82) is 0 Å². The van der Waals surface area contributed by atoms with Crippen molar-refractivity contribution in [1.82, 2.24) is 9.88 Å². The third-order valence-corrected chi connectivity index (χ3v) is 6.51. The molecule has 1 aliphatic rings. The zero-order chi connectivity index (χ0) is 21.3. The molecule has 2 aromatic carbocycles. The SMILES string of the molecule is COC(=O)N1CCCC(C(=O)N(c2nc3ccccc3s2)c2ccc(C)cc2C)C1. The number of aryl methyl sites for hydroxylation is 2. The molecule has 0 N–H and O–H groups in total. The van der Waals surface area contributed by atoms with Crippen LogP contribution in [0.5, 0.6) is 0 Å². The van der Waals surface area contributed by atoms with Crippen LogP contribution in [0.2, 0.25) is 0 Å². The predicted molar refractivity (Wildman–Crippen MR) is 119 cm³/mol. The van der Waals surface area contributed by atoms with E-state index in [1.165, 1.54) is 18.4 Å². The molecule has 156 valence electrons. The lowest BCUT2D eigenvalue weighted by atomic mass is 9.96. The summed E-state index contributed by atoms with van der Waals surface area (Å²) in [5, 5.41) is 0.656. The Bertz CT molecular complexity index is 1060. The second kappa shape index (κ2) is 8.44. The molecule has 1 atom stereocenters. The molecular weight excluding hydrogens is 398 g/mol. The number of hydrogen-bond acceptors (Lipinski definition) is 5. The van der Waals surface area contributed by atoms with E-state index in [0.29, 0.717) is 18.2 Å². The summed E-state index contributed by atoms with van der Waals surface area (Å²) in [6, 6.07) is 14.0. The monoisotopic (exact) mass is 423 g/mol. The van der Waals surface area contributed by atoms with E-state index in [9.17, 15) is 9.59 Å². The maximum Gasteiger partial charge on any atom is 0.409 e. The normalized spacial score (nSPS) is 16.5. The van der Waals surface area contributed by atoms with E-state index in [4.69, 9.17) is 9.72 Å². The quantitative estimate of drug-likeness (QED) is 0.591. The first-order valence-corrected chi connectivity index (χ1v) is 10.9. The van der Waals surface area contributed by atoms with Crippen molar-refractivity contribution in [3.63, 3.8) is 0 Å². The molecule has 1 saturated heterocycles. The summed E-state index contributed by atoms with van der Waals surface area (Å²) >= 11 is 1.51. The molecule has 1 aromatic heterocycles. The summed E-state index contributed by atoms with van der Waals surface area (Å²) in [7, 11) is 1.37. The molecule has 4 rings (SSSR count). The standard InChI is InChI=1S/C23H25N3O3S/c1-15-10-11-19(16(2)13-15)26(22-24-18-8-4-5-9-20(18)30-22)21(27)17-7-6-12-25(14-17)23(28)29-3/h4-5,8-11,13,17H,6-7,12,14H2,1-3H3. The number of fused-ring (bicyclic) bond motifs is 1. The van der Waals surface area contributed by atoms with Crippen LogP contribution in [0.1, 0.15) is 24.0 Å². The van der Waals surface area contributed by atoms with Gasteiger partial charge in [0.1, 0.15) is 0 Å². The van der Waals surface area contributed by atoms with E-state index in [2.05, 4.69) is 6.07 Å². The van der Waals surface area contributed by atoms with Crippen molar-refractivity contribution in [2.45, 2.75) is 26.7 Å². The van der Waals surface area contributed by atoms with Gasteiger partial charge < -0.3 is 9.64 Å². The van der Waals surface area contributed by atoms with E-state index in [0.717, 1.165) is 39.9 Å². The number of carbonyl (C=O) groups is 2. The summed E-state index contributed by atoms with van der Waals surface area (Å²) < 4.78 is 5.91. The summed E-state index contributed by atoms with van der Waals surface area (Å²) in [6.07, 6.45) is 1.12. The lowest BCUT2D eigenvalue weighted by Crippen LogP contribution is -2.45. The maximum atomic E-state index is 13.8. The van der Waals surface area contributed by atoms with Crippen molar-refractivity contribution in [2.24, 2.45) is 5.92 Å². The van der Waals surface area contributed by atoms with Crippen LogP contribution in [0.3, 0.4) is 0 Å². The Morgan fingerprint density at radius 1 is 1.20 bits per heavy atom. The van der Waals surface area contributed by atoms with Gasteiger partial charge in [-0.2, -0.15) is 0 Å². The molecule has 3 aromatic rings. The predicted octanol–water partition coefficient (Wildman–Crippen LogP) is 5.06. The van der Waals surface area contributed by atoms with Gasteiger partial charge in [0.25, 0.3) is 0 Å². The number of rotatable bonds is 3. The van der Waals surface area contributed by atoms with Gasteiger partial charge in [0, 0.05) is 13.1 Å². The van der Waals surface area contributed by atoms with E-state index in [1.807, 2.05) is 50.2 Å². The van der Waals surface area contributed by atoms with Crippen LogP contribution >= 0.6 is 11.3 Å². The number of piperidine rings is 1. The molecule has 1 unspecified atom stereocenters. The average molecular weight is 424 g/mol. The molecule has 2 amide bonds. The Balaban J connectivity index is 1.75. The van der Waals surface area contributed by atoms with Crippen LogP contribution in [0.25, 0.3) is 10.2 Å². The maximum absolute atomic E-state index is 13.8. The largest absolute Gasteiger partial charge is 0.453 e. The van der Waals surface area contributed by atoms with Crippen LogP contribution in [-0.4, -0.2) is 42.1 Å². The van der Waals surface area contributed by atoms with E-state index in [-0.39, 0.29) is 17.9 Å². The van der Waals surface area contributed by atoms with Gasteiger partial charge in [0.15, 0.2) is 5.13 Å². The Morgan fingerprint density at radius 2 is 2.00 bits per heavy atom. The average Bonchev–Trinajstić information content (AvgIpc) is 3.18. The molecule has 2 heterocycles. The molecule has 0 aliphatic carbocycles. The molecule has 30 heavy (non-hydrogen) atoms. The van der Waals surface area contributed by atoms with Crippen LogP contribution in [0.4, 0.5) is 15.6 Å². The van der Waals surface area contributed by atoms with Crippen molar-refractivity contribution in [3.05, 3.63) is 53.6 Å². The van der Waals surface area contributed by atoms with Gasteiger partial charge in [-0.3, -0.25) is 9.69 Å². The third kappa shape index (κ3) is 3.89. The summed E-state index contributed by atoms with van der Waals surface area (Å²) in [4.78, 5) is 33.9. The number of likely N-dealkylation sites (tertiary alicyclic amines) is 1. The number of hydrogen-bond donors (Lipinski definition) is 0. The van der Waals surface area contributed by atoms with Crippen LogP contribution in [-0.2, 0) is 9.53 Å². The molecule has 1 aliphatic heterocycles. The molecule has 1 fully saturated rings. The van der Waals surface area contributed by atoms with Crippen LogP contribution in [0.15, 0.2) is 42.5 Å². The molecule has 0 spiro atoms. The number of benzene rings is 2. The van der Waals surface area contributed by atoms with Crippen molar-refractivity contribution < 1.29 is 14.3 Å². The van der Waals surface area contributed by atoms with Crippen molar-refractivity contribution >= 4 is 44.4 Å². The fourth-order valence-corrected chi connectivity index (χ4v) is 4.97. The molecule has 6 nitrogen and oxygen atoms in total. The first-order chi connectivity index (χ1) is 14.5. The molecule has 0 bridgehead atoms. The zero-order valence-electron chi connectivity index (χ0n) is 17.4. The van der Waals surface area contributed by atoms with Gasteiger partial charge >= 0.3 is 6.09 Å². The topological polar surface area (TPSA) is 62.7 Å². The number of nitrogens with zero attached hydrogens (tertiary/aromatic N) is 3. The Kier molecular flexibility index (Phi) is 5.72. The molecular formula is C23H25N3O3S. The number of thiazole rings is 1. The van der Waals surface area contributed by atoms with Gasteiger partial charge in [-0.25, -0.2) is 9.78 Å². The van der Waals surface area contributed by atoms with Gasteiger partial charge in [0.05, 0.1) is 28.9 Å². The number of anilines is 2. The second-order valence-electron chi connectivity index (χ2n) is 7.68. The highest BCUT2D eigenvalue weighted by atomic mass is 32.1. The summed E-state index contributed by atoms with van der Waals surface area (Å²) in [5.41, 5.74) is 3.87. The minimum Gasteiger partial charge on any atom is -0.453 e. The minimum absolute atomic E-state index is 0.0328. The fourth-order valence-electron chi connectivity index (χ4n) is 3.98. The number of ether oxygens (including phenoxy) is 1. The molecule has 0 radical (unpaired) electrons.